The second kappa shape index (κ2) is 4.74. The second-order valence-corrected chi connectivity index (χ2v) is 5.35. The number of nitrogens with two attached hydrogens (primary N) is 1. The summed E-state index contributed by atoms with van der Waals surface area (Å²) in [5.74, 6) is 0. The quantitative estimate of drug-likeness (QED) is 0.794. The van der Waals surface area contributed by atoms with Gasteiger partial charge in [0.15, 0.2) is 5.58 Å². The Bertz CT molecular complexity index is 580. The van der Waals surface area contributed by atoms with Crippen LogP contribution in [0.25, 0.3) is 11.1 Å². The first-order chi connectivity index (χ1) is 9.15. The fourth-order valence-electron chi connectivity index (χ4n) is 2.74. The van der Waals surface area contributed by atoms with Crippen LogP contribution in [0.15, 0.2) is 22.6 Å². The van der Waals surface area contributed by atoms with Crippen LogP contribution in [-0.4, -0.2) is 42.6 Å². The van der Waals surface area contributed by atoms with Gasteiger partial charge in [0.2, 0.25) is 0 Å². The number of anilines is 2. The van der Waals surface area contributed by atoms with E-state index >= 15 is 0 Å². The largest absolute Gasteiger partial charge is 0.423 e. The zero-order valence-corrected chi connectivity index (χ0v) is 11.5. The number of fused-ring (bicyclic) bond motifs is 1. The van der Waals surface area contributed by atoms with Crippen LogP contribution in [0.1, 0.15) is 13.3 Å². The van der Waals surface area contributed by atoms with Crippen LogP contribution in [0, 0.1) is 0 Å². The van der Waals surface area contributed by atoms with Crippen LogP contribution in [0.5, 0.6) is 0 Å². The van der Waals surface area contributed by atoms with E-state index in [0.29, 0.717) is 17.7 Å². The van der Waals surface area contributed by atoms with E-state index in [0.717, 1.165) is 37.2 Å². The molecule has 1 aliphatic heterocycles. The van der Waals surface area contributed by atoms with Crippen LogP contribution in [0.3, 0.4) is 0 Å². The van der Waals surface area contributed by atoms with Gasteiger partial charge in [-0.1, -0.05) is 6.07 Å². The van der Waals surface area contributed by atoms with Crippen LogP contribution in [0.4, 0.5) is 11.7 Å². The molecule has 0 radical (unpaired) electrons. The molecule has 1 atom stereocenters. The highest BCUT2D eigenvalue weighted by Crippen LogP contribution is 2.27. The van der Waals surface area contributed by atoms with Crippen LogP contribution < -0.4 is 10.6 Å². The third-order valence-electron chi connectivity index (χ3n) is 3.73. The molecule has 1 unspecified atom stereocenters. The highest BCUT2D eigenvalue weighted by Gasteiger charge is 2.24. The Labute approximate surface area is 113 Å². The van der Waals surface area contributed by atoms with Crippen LogP contribution in [0.2, 0.25) is 0 Å². The van der Waals surface area contributed by atoms with Crippen molar-refractivity contribution in [2.24, 2.45) is 0 Å². The molecule has 0 amide bonds. The number of hydrogen-bond donors (Lipinski definition) is 1. The van der Waals surface area contributed by atoms with Crippen molar-refractivity contribution < 1.29 is 4.42 Å². The molecule has 102 valence electrons. The predicted octanol–water partition coefficient (Wildman–Crippen LogP) is 1.94. The van der Waals surface area contributed by atoms with Crippen molar-refractivity contribution in [3.05, 3.63) is 18.2 Å². The van der Waals surface area contributed by atoms with Crippen molar-refractivity contribution in [1.82, 2.24) is 9.88 Å². The minimum Gasteiger partial charge on any atom is -0.423 e. The number of benzene rings is 1. The van der Waals surface area contributed by atoms with Gasteiger partial charge < -0.3 is 20.0 Å². The van der Waals surface area contributed by atoms with E-state index in [1.165, 1.54) is 0 Å². The van der Waals surface area contributed by atoms with Gasteiger partial charge in [-0.15, -0.1) is 0 Å². The van der Waals surface area contributed by atoms with E-state index < -0.39 is 0 Å². The summed E-state index contributed by atoms with van der Waals surface area (Å²) in [4.78, 5) is 9.16. The smallest absolute Gasteiger partial charge is 0.298 e. The summed E-state index contributed by atoms with van der Waals surface area (Å²) in [5, 5.41) is 0. The van der Waals surface area contributed by atoms with E-state index in [1.54, 1.807) is 0 Å². The van der Waals surface area contributed by atoms with Gasteiger partial charge in [0, 0.05) is 19.1 Å². The highest BCUT2D eigenvalue weighted by molar-refractivity contribution is 5.86. The van der Waals surface area contributed by atoms with Crippen LogP contribution >= 0.6 is 0 Å². The summed E-state index contributed by atoms with van der Waals surface area (Å²) >= 11 is 0. The maximum atomic E-state index is 5.94. The number of nitrogens with zero attached hydrogens (tertiary/aromatic N) is 3. The minimum atomic E-state index is 0.391. The fourth-order valence-corrected chi connectivity index (χ4v) is 2.74. The lowest BCUT2D eigenvalue weighted by Gasteiger charge is -2.26. The van der Waals surface area contributed by atoms with Crippen molar-refractivity contribution in [2.45, 2.75) is 19.4 Å². The van der Waals surface area contributed by atoms with Crippen molar-refractivity contribution in [1.29, 1.82) is 0 Å². The van der Waals surface area contributed by atoms with Gasteiger partial charge in [0.25, 0.3) is 6.01 Å². The van der Waals surface area contributed by atoms with Gasteiger partial charge in [0.05, 0.1) is 5.69 Å². The van der Waals surface area contributed by atoms with Gasteiger partial charge >= 0.3 is 0 Å². The molecule has 1 aliphatic rings. The number of rotatable bonds is 1. The molecular weight excluding hydrogens is 240 g/mol. The Morgan fingerprint density at radius 3 is 3.00 bits per heavy atom. The zero-order chi connectivity index (χ0) is 13.4. The topological polar surface area (TPSA) is 58.5 Å². The van der Waals surface area contributed by atoms with Gasteiger partial charge in [-0.05, 0) is 39.1 Å². The second-order valence-electron chi connectivity index (χ2n) is 5.35. The summed E-state index contributed by atoms with van der Waals surface area (Å²) in [7, 11) is 2.16. The molecule has 1 aromatic heterocycles. The van der Waals surface area contributed by atoms with Gasteiger partial charge in [-0.2, -0.15) is 4.98 Å². The Morgan fingerprint density at radius 1 is 1.37 bits per heavy atom. The van der Waals surface area contributed by atoms with E-state index in [2.05, 4.69) is 28.8 Å². The van der Waals surface area contributed by atoms with Crippen molar-refractivity contribution in [3.8, 4) is 0 Å². The highest BCUT2D eigenvalue weighted by atomic mass is 16.4. The van der Waals surface area contributed by atoms with Crippen molar-refractivity contribution in [3.63, 3.8) is 0 Å². The summed E-state index contributed by atoms with van der Waals surface area (Å²) in [6.07, 6.45) is 1.12. The van der Waals surface area contributed by atoms with Crippen molar-refractivity contribution >= 4 is 22.8 Å². The summed E-state index contributed by atoms with van der Waals surface area (Å²) in [6.45, 7) is 5.32. The molecule has 19 heavy (non-hydrogen) atoms. The molecule has 0 saturated carbocycles. The first-order valence-corrected chi connectivity index (χ1v) is 6.75. The Balaban J connectivity index is 1.96. The lowest BCUT2D eigenvalue weighted by atomic mass is 10.3. The standard InChI is InChI=1S/C14H20N4O/c1-10-9-17(2)7-4-8-18(10)14-16-13-11(15)5-3-6-12(13)19-14/h3,5-6,10H,4,7-9,15H2,1-2H3. The maximum absolute atomic E-state index is 5.94. The van der Waals surface area contributed by atoms with E-state index in [4.69, 9.17) is 10.2 Å². The summed E-state index contributed by atoms with van der Waals surface area (Å²) < 4.78 is 5.87. The number of nitrogen functional groups attached to an aromatic ring is 1. The molecule has 1 fully saturated rings. The molecule has 2 heterocycles. The third kappa shape index (κ3) is 2.26. The first kappa shape index (κ1) is 12.3. The summed E-state index contributed by atoms with van der Waals surface area (Å²) in [6, 6.07) is 6.75. The Kier molecular flexibility index (Phi) is 3.06. The number of oxazole rings is 1. The van der Waals surface area contributed by atoms with E-state index in [1.807, 2.05) is 18.2 Å². The minimum absolute atomic E-state index is 0.391. The average molecular weight is 260 g/mol. The van der Waals surface area contributed by atoms with E-state index in [9.17, 15) is 0 Å². The fraction of sp³-hybridized carbons (Fsp3) is 0.500. The van der Waals surface area contributed by atoms with Crippen molar-refractivity contribution in [2.75, 3.05) is 37.3 Å². The molecule has 5 nitrogen and oxygen atoms in total. The number of aromatic nitrogens is 1. The first-order valence-electron chi connectivity index (χ1n) is 6.75. The zero-order valence-electron chi connectivity index (χ0n) is 11.5. The number of likely N-dealkylation sites (N-methyl/N-ethyl adjacent to an activating group) is 1. The normalized spacial score (nSPS) is 21.8. The Morgan fingerprint density at radius 2 is 2.21 bits per heavy atom. The monoisotopic (exact) mass is 260 g/mol. The molecule has 1 saturated heterocycles. The van der Waals surface area contributed by atoms with E-state index in [-0.39, 0.29) is 0 Å². The predicted molar refractivity (Wildman–Crippen MR) is 77.3 cm³/mol. The van der Waals surface area contributed by atoms with Crippen LogP contribution in [-0.2, 0) is 0 Å². The van der Waals surface area contributed by atoms with Gasteiger partial charge in [-0.25, -0.2) is 0 Å². The maximum Gasteiger partial charge on any atom is 0.298 e. The lowest BCUT2D eigenvalue weighted by Crippen LogP contribution is -2.38. The molecular formula is C14H20N4O. The van der Waals surface area contributed by atoms with Gasteiger partial charge in [0.1, 0.15) is 5.52 Å². The third-order valence-corrected chi connectivity index (χ3v) is 3.73. The Hall–Kier alpha value is -1.75. The molecule has 2 aromatic rings. The SMILES string of the molecule is CC1CN(C)CCCN1c1nc2c(N)cccc2o1. The van der Waals surface area contributed by atoms with Gasteiger partial charge in [-0.3, -0.25) is 0 Å². The molecule has 1 aromatic carbocycles. The lowest BCUT2D eigenvalue weighted by molar-refractivity contribution is 0.335. The molecule has 5 heteroatoms. The number of hydrogen-bond acceptors (Lipinski definition) is 5. The number of para-hydroxylation sites is 1. The molecule has 0 spiro atoms. The molecule has 0 aliphatic carbocycles. The molecule has 2 N–H and O–H groups in total. The molecule has 0 bridgehead atoms. The average Bonchev–Trinajstić information content (AvgIpc) is 2.72. The summed E-state index contributed by atoms with van der Waals surface area (Å²) in [5.41, 5.74) is 8.14. The molecule has 3 rings (SSSR count).